The van der Waals surface area contributed by atoms with Crippen molar-refractivity contribution in [1.29, 1.82) is 0 Å². The minimum Gasteiger partial charge on any atom is -0.366 e. The topological polar surface area (TPSA) is 50.4 Å². The molecule has 0 spiro atoms. The quantitative estimate of drug-likeness (QED) is 0.809. The summed E-state index contributed by atoms with van der Waals surface area (Å²) < 4.78 is 5.40. The fourth-order valence-electron chi connectivity index (χ4n) is 2.00. The van der Waals surface area contributed by atoms with Crippen LogP contribution >= 0.6 is 0 Å². The molecule has 4 heteroatoms. The number of rotatable bonds is 2. The summed E-state index contributed by atoms with van der Waals surface area (Å²) in [6.45, 7) is 6.01. The van der Waals surface area contributed by atoms with Gasteiger partial charge in [0.05, 0.1) is 6.61 Å². The minimum atomic E-state index is -0.385. The summed E-state index contributed by atoms with van der Waals surface area (Å²) in [6, 6.07) is 6.00. The molecule has 1 amide bonds. The molecule has 1 fully saturated rings. The summed E-state index contributed by atoms with van der Waals surface area (Å²) in [5.74, 6) is -0.0813. The average molecular weight is 234 g/mol. The molecule has 2 N–H and O–H groups in total. The van der Waals surface area contributed by atoms with E-state index in [0.29, 0.717) is 13.2 Å². The molecule has 1 unspecified atom stereocenters. The first-order valence-corrected chi connectivity index (χ1v) is 5.86. The van der Waals surface area contributed by atoms with E-state index in [0.717, 1.165) is 23.4 Å². The number of amides is 1. The Kier molecular flexibility index (Phi) is 3.76. The molecule has 1 aliphatic rings. The highest BCUT2D eigenvalue weighted by Crippen LogP contribution is 2.14. The Labute approximate surface area is 101 Å². The van der Waals surface area contributed by atoms with E-state index in [4.69, 9.17) is 4.74 Å². The lowest BCUT2D eigenvalue weighted by atomic mass is 10.1. The predicted octanol–water partition coefficient (Wildman–Crippen LogP) is 1.23. The predicted molar refractivity (Wildman–Crippen MR) is 67.2 cm³/mol. The number of benzene rings is 1. The van der Waals surface area contributed by atoms with Gasteiger partial charge in [-0.2, -0.15) is 0 Å². The van der Waals surface area contributed by atoms with Gasteiger partial charge in [-0.25, -0.2) is 0 Å². The monoisotopic (exact) mass is 234 g/mol. The average Bonchev–Trinajstić information content (AvgIpc) is 2.28. The van der Waals surface area contributed by atoms with Gasteiger partial charge in [0.25, 0.3) is 5.91 Å². The van der Waals surface area contributed by atoms with Gasteiger partial charge in [0.1, 0.15) is 6.10 Å². The summed E-state index contributed by atoms with van der Waals surface area (Å²) in [6.07, 6.45) is -0.385. The summed E-state index contributed by atoms with van der Waals surface area (Å²) in [7, 11) is 0. The highest BCUT2D eigenvalue weighted by atomic mass is 16.5. The van der Waals surface area contributed by atoms with Crippen LogP contribution in [0.1, 0.15) is 11.1 Å². The molecule has 0 radical (unpaired) electrons. The van der Waals surface area contributed by atoms with Crippen molar-refractivity contribution >= 4 is 11.6 Å². The van der Waals surface area contributed by atoms with Crippen molar-refractivity contribution in [3.8, 4) is 0 Å². The van der Waals surface area contributed by atoms with Gasteiger partial charge in [0, 0.05) is 18.8 Å². The van der Waals surface area contributed by atoms with E-state index in [2.05, 4.69) is 16.7 Å². The molecule has 1 saturated heterocycles. The lowest BCUT2D eigenvalue weighted by Crippen LogP contribution is -2.45. The first-order valence-electron chi connectivity index (χ1n) is 5.86. The summed E-state index contributed by atoms with van der Waals surface area (Å²) >= 11 is 0. The number of carbonyl (C=O) groups excluding carboxylic acids is 1. The molecule has 4 nitrogen and oxygen atoms in total. The van der Waals surface area contributed by atoms with Crippen molar-refractivity contribution < 1.29 is 9.53 Å². The van der Waals surface area contributed by atoms with Gasteiger partial charge in [-0.15, -0.1) is 0 Å². The molecule has 2 rings (SSSR count). The maximum atomic E-state index is 11.9. The Hall–Kier alpha value is -1.39. The van der Waals surface area contributed by atoms with Crippen molar-refractivity contribution in [3.63, 3.8) is 0 Å². The van der Waals surface area contributed by atoms with Crippen molar-refractivity contribution in [2.24, 2.45) is 0 Å². The van der Waals surface area contributed by atoms with E-state index >= 15 is 0 Å². The number of carbonyl (C=O) groups is 1. The van der Waals surface area contributed by atoms with Crippen LogP contribution in [-0.2, 0) is 9.53 Å². The minimum absolute atomic E-state index is 0.0813. The first kappa shape index (κ1) is 12.1. The SMILES string of the molecule is Cc1cc(C)cc(NC(=O)C2CNCCO2)c1. The molecule has 17 heavy (non-hydrogen) atoms. The zero-order valence-electron chi connectivity index (χ0n) is 10.2. The van der Waals surface area contributed by atoms with Crippen molar-refractivity contribution in [2.75, 3.05) is 25.0 Å². The number of nitrogens with one attached hydrogen (secondary N) is 2. The largest absolute Gasteiger partial charge is 0.366 e. The second kappa shape index (κ2) is 5.29. The van der Waals surface area contributed by atoms with Crippen LogP contribution < -0.4 is 10.6 Å². The van der Waals surface area contributed by atoms with Gasteiger partial charge < -0.3 is 15.4 Å². The van der Waals surface area contributed by atoms with E-state index in [1.165, 1.54) is 0 Å². The lowest BCUT2D eigenvalue weighted by Gasteiger charge is -2.22. The normalized spacial score (nSPS) is 20.0. The van der Waals surface area contributed by atoms with E-state index in [9.17, 15) is 4.79 Å². The fraction of sp³-hybridized carbons (Fsp3) is 0.462. The Balaban J connectivity index is 2.01. The second-order valence-corrected chi connectivity index (χ2v) is 4.43. The summed E-state index contributed by atoms with van der Waals surface area (Å²) in [4.78, 5) is 11.9. The molecular formula is C13H18N2O2. The van der Waals surface area contributed by atoms with Gasteiger partial charge in [0.2, 0.25) is 0 Å². The molecule has 0 aliphatic carbocycles. The number of morpholine rings is 1. The van der Waals surface area contributed by atoms with Crippen molar-refractivity contribution in [3.05, 3.63) is 29.3 Å². The highest BCUT2D eigenvalue weighted by Gasteiger charge is 2.21. The Morgan fingerprint density at radius 2 is 2.06 bits per heavy atom. The molecule has 1 aromatic rings. The van der Waals surface area contributed by atoms with E-state index in [1.54, 1.807) is 0 Å². The second-order valence-electron chi connectivity index (χ2n) is 4.43. The van der Waals surface area contributed by atoms with Crippen LogP contribution in [0.15, 0.2) is 18.2 Å². The molecule has 1 atom stereocenters. The van der Waals surface area contributed by atoms with Crippen LogP contribution in [0.4, 0.5) is 5.69 Å². The number of anilines is 1. The molecule has 92 valence electrons. The zero-order chi connectivity index (χ0) is 12.3. The summed E-state index contributed by atoms with van der Waals surface area (Å²) in [5, 5.41) is 6.03. The van der Waals surface area contributed by atoms with Gasteiger partial charge >= 0.3 is 0 Å². The van der Waals surface area contributed by atoms with E-state index < -0.39 is 0 Å². The molecule has 1 heterocycles. The number of hydrogen-bond donors (Lipinski definition) is 2. The van der Waals surface area contributed by atoms with Gasteiger partial charge in [-0.05, 0) is 37.1 Å². The van der Waals surface area contributed by atoms with E-state index in [1.807, 2.05) is 26.0 Å². The maximum absolute atomic E-state index is 11.9. The van der Waals surface area contributed by atoms with Crippen molar-refractivity contribution in [1.82, 2.24) is 5.32 Å². The lowest BCUT2D eigenvalue weighted by molar-refractivity contribution is -0.128. The number of aryl methyl sites for hydroxylation is 2. The van der Waals surface area contributed by atoms with Gasteiger partial charge in [-0.1, -0.05) is 6.07 Å². The van der Waals surface area contributed by atoms with Crippen molar-refractivity contribution in [2.45, 2.75) is 20.0 Å². The molecule has 0 aromatic heterocycles. The number of hydrogen-bond acceptors (Lipinski definition) is 3. The smallest absolute Gasteiger partial charge is 0.254 e. The standard InChI is InChI=1S/C13H18N2O2/c1-9-5-10(2)7-11(6-9)15-13(16)12-8-14-3-4-17-12/h5-7,12,14H,3-4,8H2,1-2H3,(H,15,16). The Bertz CT molecular complexity index is 392. The zero-order valence-corrected chi connectivity index (χ0v) is 10.2. The van der Waals surface area contributed by atoms with Crippen LogP contribution in [-0.4, -0.2) is 31.7 Å². The molecule has 1 aromatic carbocycles. The third kappa shape index (κ3) is 3.28. The van der Waals surface area contributed by atoms with Crippen LogP contribution in [0, 0.1) is 13.8 Å². The number of ether oxygens (including phenoxy) is 1. The third-order valence-corrected chi connectivity index (χ3v) is 2.71. The molecule has 1 aliphatic heterocycles. The third-order valence-electron chi connectivity index (χ3n) is 2.71. The maximum Gasteiger partial charge on any atom is 0.254 e. The Morgan fingerprint density at radius 3 is 2.65 bits per heavy atom. The Morgan fingerprint density at radius 1 is 1.35 bits per heavy atom. The molecular weight excluding hydrogens is 216 g/mol. The first-order chi connectivity index (χ1) is 8.15. The fourth-order valence-corrected chi connectivity index (χ4v) is 2.00. The molecule has 0 saturated carbocycles. The molecule has 0 bridgehead atoms. The highest BCUT2D eigenvalue weighted by molar-refractivity contribution is 5.94. The van der Waals surface area contributed by atoms with E-state index in [-0.39, 0.29) is 12.0 Å². The van der Waals surface area contributed by atoms with Crippen LogP contribution in [0.5, 0.6) is 0 Å². The van der Waals surface area contributed by atoms with Gasteiger partial charge in [-0.3, -0.25) is 4.79 Å². The summed E-state index contributed by atoms with van der Waals surface area (Å²) in [5.41, 5.74) is 3.12. The van der Waals surface area contributed by atoms with Crippen LogP contribution in [0.2, 0.25) is 0 Å². The van der Waals surface area contributed by atoms with Crippen LogP contribution in [0.25, 0.3) is 0 Å². The van der Waals surface area contributed by atoms with Gasteiger partial charge in [0.15, 0.2) is 0 Å². The van der Waals surface area contributed by atoms with Crippen LogP contribution in [0.3, 0.4) is 0 Å².